The molecule has 2 fully saturated rings. The molecule has 0 heterocycles. The van der Waals surface area contributed by atoms with Crippen molar-refractivity contribution in [1.82, 2.24) is 0 Å². The van der Waals surface area contributed by atoms with Crippen LogP contribution >= 0.6 is 11.6 Å². The predicted molar refractivity (Wildman–Crippen MR) is 98.6 cm³/mol. The van der Waals surface area contributed by atoms with Crippen molar-refractivity contribution in [3.8, 4) is 5.75 Å². The number of benzene rings is 1. The van der Waals surface area contributed by atoms with Crippen LogP contribution in [0, 0.1) is 17.8 Å². The van der Waals surface area contributed by atoms with Gasteiger partial charge >= 0.3 is 6.36 Å². The second-order valence-corrected chi connectivity index (χ2v) is 8.77. The summed E-state index contributed by atoms with van der Waals surface area (Å²) in [5, 5.41) is 0.288. The molecule has 1 atom stereocenters. The van der Waals surface area contributed by atoms with Gasteiger partial charge in [-0.05, 0) is 99.7 Å². The molecule has 2 saturated carbocycles. The SMILES string of the molecule is CC(Cl)C1CCC(C2CCC(c3ccc(OC(F)(F)F)cc3)CC2)CC1. The topological polar surface area (TPSA) is 9.23 Å². The Morgan fingerprint density at radius 1 is 0.885 bits per heavy atom. The molecule has 0 amide bonds. The van der Waals surface area contributed by atoms with Crippen LogP contribution in [0.15, 0.2) is 24.3 Å². The molecule has 0 N–H and O–H groups in total. The Hall–Kier alpha value is -0.900. The Balaban J connectivity index is 1.48. The van der Waals surface area contributed by atoms with Gasteiger partial charge in [-0.15, -0.1) is 24.8 Å². The van der Waals surface area contributed by atoms with E-state index in [1.165, 1.54) is 50.7 Å². The average Bonchev–Trinajstić information content (AvgIpc) is 2.61. The number of halogens is 4. The zero-order valence-electron chi connectivity index (χ0n) is 15.3. The van der Waals surface area contributed by atoms with Crippen LogP contribution in [0.4, 0.5) is 13.2 Å². The number of hydrogen-bond acceptors (Lipinski definition) is 1. The lowest BCUT2D eigenvalue weighted by Gasteiger charge is -2.38. The molecule has 0 saturated heterocycles. The highest BCUT2D eigenvalue weighted by atomic mass is 35.5. The standard InChI is InChI=1S/C21H28ClF3O/c1-14(22)15-2-4-16(5-3-15)17-6-8-18(9-7-17)19-10-12-20(13-11-19)26-21(23,24)25/h10-18H,2-9H2,1H3. The lowest BCUT2D eigenvalue weighted by atomic mass is 9.68. The molecule has 0 radical (unpaired) electrons. The van der Waals surface area contributed by atoms with Gasteiger partial charge in [-0.3, -0.25) is 0 Å². The molecule has 146 valence electrons. The van der Waals surface area contributed by atoms with Crippen molar-refractivity contribution in [3.05, 3.63) is 29.8 Å². The lowest BCUT2D eigenvalue weighted by Crippen LogP contribution is -2.27. The summed E-state index contributed by atoms with van der Waals surface area (Å²) < 4.78 is 40.7. The van der Waals surface area contributed by atoms with Gasteiger partial charge in [0.15, 0.2) is 0 Å². The van der Waals surface area contributed by atoms with Gasteiger partial charge in [0, 0.05) is 5.38 Å². The van der Waals surface area contributed by atoms with Crippen molar-refractivity contribution in [2.45, 2.75) is 75.9 Å². The van der Waals surface area contributed by atoms with Crippen molar-refractivity contribution in [3.63, 3.8) is 0 Å². The Morgan fingerprint density at radius 3 is 1.85 bits per heavy atom. The molecule has 3 rings (SSSR count). The minimum atomic E-state index is -4.63. The van der Waals surface area contributed by atoms with Gasteiger partial charge in [-0.1, -0.05) is 12.1 Å². The van der Waals surface area contributed by atoms with E-state index in [0.29, 0.717) is 11.8 Å². The van der Waals surface area contributed by atoms with E-state index >= 15 is 0 Å². The second kappa shape index (κ2) is 8.41. The van der Waals surface area contributed by atoms with Crippen LogP contribution in [0.5, 0.6) is 5.75 Å². The highest BCUT2D eigenvalue weighted by Gasteiger charge is 2.33. The van der Waals surface area contributed by atoms with Gasteiger partial charge in [0.25, 0.3) is 0 Å². The van der Waals surface area contributed by atoms with Crippen molar-refractivity contribution in [1.29, 1.82) is 0 Å². The third-order valence-electron chi connectivity index (χ3n) is 6.49. The number of alkyl halides is 4. The molecule has 2 aliphatic rings. The summed E-state index contributed by atoms with van der Waals surface area (Å²) in [6.07, 6.45) is 5.24. The Bertz CT molecular complexity index is 554. The third-order valence-corrected chi connectivity index (χ3v) is 6.85. The second-order valence-electron chi connectivity index (χ2n) is 8.08. The number of hydrogen-bond donors (Lipinski definition) is 0. The smallest absolute Gasteiger partial charge is 0.406 e. The lowest BCUT2D eigenvalue weighted by molar-refractivity contribution is -0.274. The highest BCUT2D eigenvalue weighted by molar-refractivity contribution is 6.20. The van der Waals surface area contributed by atoms with Gasteiger partial charge in [-0.25, -0.2) is 0 Å². The van der Waals surface area contributed by atoms with E-state index in [-0.39, 0.29) is 11.1 Å². The van der Waals surface area contributed by atoms with E-state index in [0.717, 1.165) is 30.2 Å². The maximum atomic E-state index is 12.3. The zero-order chi connectivity index (χ0) is 18.7. The molecule has 2 aliphatic carbocycles. The quantitative estimate of drug-likeness (QED) is 0.492. The van der Waals surface area contributed by atoms with E-state index in [2.05, 4.69) is 11.7 Å². The summed E-state index contributed by atoms with van der Waals surface area (Å²) in [5.74, 6) is 2.66. The normalized spacial score (nSPS) is 31.4. The van der Waals surface area contributed by atoms with E-state index in [1.54, 1.807) is 12.1 Å². The van der Waals surface area contributed by atoms with Crippen molar-refractivity contribution in [2.75, 3.05) is 0 Å². The molecule has 26 heavy (non-hydrogen) atoms. The largest absolute Gasteiger partial charge is 0.573 e. The van der Waals surface area contributed by atoms with Crippen LogP contribution in [-0.2, 0) is 0 Å². The van der Waals surface area contributed by atoms with Crippen molar-refractivity contribution in [2.24, 2.45) is 17.8 Å². The number of rotatable bonds is 4. The van der Waals surface area contributed by atoms with E-state index < -0.39 is 6.36 Å². The summed E-state index contributed by atoms with van der Waals surface area (Å²) in [5.41, 5.74) is 1.14. The zero-order valence-corrected chi connectivity index (χ0v) is 16.0. The average molecular weight is 389 g/mol. The van der Waals surface area contributed by atoms with Gasteiger partial charge in [0.1, 0.15) is 5.75 Å². The first kappa shape index (κ1) is 19.9. The highest BCUT2D eigenvalue weighted by Crippen LogP contribution is 2.44. The monoisotopic (exact) mass is 388 g/mol. The van der Waals surface area contributed by atoms with Crippen LogP contribution in [-0.4, -0.2) is 11.7 Å². The molecule has 0 spiro atoms. The van der Waals surface area contributed by atoms with Crippen LogP contribution < -0.4 is 4.74 Å². The molecule has 1 unspecified atom stereocenters. The maximum Gasteiger partial charge on any atom is 0.573 e. The van der Waals surface area contributed by atoms with Crippen LogP contribution in [0.3, 0.4) is 0 Å². The van der Waals surface area contributed by atoms with E-state index in [1.807, 2.05) is 0 Å². The molecular weight excluding hydrogens is 361 g/mol. The minimum absolute atomic E-state index is 0.139. The first-order valence-electron chi connectivity index (χ1n) is 9.81. The molecule has 0 aliphatic heterocycles. The van der Waals surface area contributed by atoms with Crippen LogP contribution in [0.2, 0.25) is 0 Å². The maximum absolute atomic E-state index is 12.3. The molecule has 0 aromatic heterocycles. The fraction of sp³-hybridized carbons (Fsp3) is 0.714. The summed E-state index contributed by atoms with van der Waals surface area (Å²) in [4.78, 5) is 0. The first-order chi connectivity index (χ1) is 12.3. The van der Waals surface area contributed by atoms with Gasteiger partial charge in [-0.2, -0.15) is 0 Å². The summed E-state index contributed by atoms with van der Waals surface area (Å²) in [6, 6.07) is 6.45. The molecule has 1 aromatic rings. The number of ether oxygens (including phenoxy) is 1. The van der Waals surface area contributed by atoms with Gasteiger partial charge in [0.2, 0.25) is 0 Å². The summed E-state index contributed by atoms with van der Waals surface area (Å²) in [6.45, 7) is 2.11. The Labute approximate surface area is 159 Å². The first-order valence-corrected chi connectivity index (χ1v) is 10.2. The minimum Gasteiger partial charge on any atom is -0.406 e. The summed E-state index contributed by atoms with van der Waals surface area (Å²) in [7, 11) is 0. The molecule has 1 aromatic carbocycles. The van der Waals surface area contributed by atoms with Gasteiger partial charge in [0.05, 0.1) is 0 Å². The third kappa shape index (κ3) is 5.31. The summed E-state index contributed by atoms with van der Waals surface area (Å²) >= 11 is 6.25. The van der Waals surface area contributed by atoms with E-state index in [4.69, 9.17) is 11.6 Å². The van der Waals surface area contributed by atoms with E-state index in [9.17, 15) is 13.2 Å². The molecule has 1 nitrogen and oxygen atoms in total. The molecule has 0 bridgehead atoms. The van der Waals surface area contributed by atoms with Crippen LogP contribution in [0.1, 0.15) is 69.8 Å². The Morgan fingerprint density at radius 2 is 1.38 bits per heavy atom. The Kier molecular flexibility index (Phi) is 6.42. The molecule has 5 heteroatoms. The van der Waals surface area contributed by atoms with Crippen LogP contribution in [0.25, 0.3) is 0 Å². The van der Waals surface area contributed by atoms with Crippen molar-refractivity contribution >= 4 is 11.6 Å². The molecular formula is C21H28ClF3O. The fourth-order valence-electron chi connectivity index (χ4n) is 4.94. The predicted octanol–water partition coefficient (Wildman–Crippen LogP) is 7.29. The van der Waals surface area contributed by atoms with Crippen molar-refractivity contribution < 1.29 is 17.9 Å². The fourth-order valence-corrected chi connectivity index (χ4v) is 5.19. The van der Waals surface area contributed by atoms with Gasteiger partial charge < -0.3 is 4.74 Å².